The van der Waals surface area contributed by atoms with Crippen LogP contribution >= 0.6 is 23.4 Å². The first-order valence-electron chi connectivity index (χ1n) is 6.97. The average molecular weight is 374 g/mol. The Hall–Kier alpha value is -1.08. The molecular formula is C16H17ClFNO2S2. The van der Waals surface area contributed by atoms with E-state index in [0.717, 1.165) is 17.4 Å². The third-order valence-corrected chi connectivity index (χ3v) is 6.18. The topological polar surface area (TPSA) is 46.2 Å². The van der Waals surface area contributed by atoms with Crippen LogP contribution in [0.25, 0.3) is 0 Å². The lowest BCUT2D eigenvalue weighted by Crippen LogP contribution is -2.26. The summed E-state index contributed by atoms with van der Waals surface area (Å²) in [5.41, 5.74) is 1.41. The fraction of sp³-hybridized carbons (Fsp3) is 0.250. The van der Waals surface area contributed by atoms with Gasteiger partial charge < -0.3 is 0 Å². The van der Waals surface area contributed by atoms with E-state index in [1.165, 1.54) is 12.1 Å². The van der Waals surface area contributed by atoms with Gasteiger partial charge in [0.1, 0.15) is 5.82 Å². The Morgan fingerprint density at radius 2 is 1.96 bits per heavy atom. The smallest absolute Gasteiger partial charge is 0.210 e. The maximum absolute atomic E-state index is 13.1. The van der Waals surface area contributed by atoms with Crippen molar-refractivity contribution in [3.05, 3.63) is 64.4 Å². The number of aryl methyl sites for hydroxylation is 1. The van der Waals surface area contributed by atoms with Gasteiger partial charge in [-0.05, 0) is 42.3 Å². The third-order valence-electron chi connectivity index (χ3n) is 3.18. The molecule has 124 valence electrons. The van der Waals surface area contributed by atoms with E-state index >= 15 is 0 Å². The molecule has 0 radical (unpaired) electrons. The second kappa shape index (κ2) is 8.15. The van der Waals surface area contributed by atoms with E-state index < -0.39 is 15.8 Å². The molecule has 0 aliphatic rings. The third kappa shape index (κ3) is 5.21. The molecule has 2 aromatic carbocycles. The van der Waals surface area contributed by atoms with E-state index in [4.69, 9.17) is 11.6 Å². The molecule has 0 amide bonds. The molecule has 23 heavy (non-hydrogen) atoms. The molecule has 7 heteroatoms. The van der Waals surface area contributed by atoms with Gasteiger partial charge in [0.25, 0.3) is 0 Å². The van der Waals surface area contributed by atoms with Gasteiger partial charge in [-0.15, -0.1) is 0 Å². The van der Waals surface area contributed by atoms with Crippen LogP contribution < -0.4 is 4.72 Å². The van der Waals surface area contributed by atoms with Crippen molar-refractivity contribution in [1.82, 2.24) is 4.72 Å². The Labute approximate surface area is 145 Å². The lowest BCUT2D eigenvalue weighted by atomic mass is 10.2. The highest BCUT2D eigenvalue weighted by molar-refractivity contribution is 7.98. The Morgan fingerprint density at radius 1 is 1.22 bits per heavy atom. The largest absolute Gasteiger partial charge is 0.240 e. The van der Waals surface area contributed by atoms with Gasteiger partial charge in [-0.25, -0.2) is 17.5 Å². The number of sulfonamides is 1. The van der Waals surface area contributed by atoms with Crippen LogP contribution in [-0.4, -0.2) is 20.7 Å². The first kappa shape index (κ1) is 18.3. The summed E-state index contributed by atoms with van der Waals surface area (Å²) in [4.78, 5) is 0.106. The van der Waals surface area contributed by atoms with Gasteiger partial charge in [-0.3, -0.25) is 0 Å². The molecule has 2 rings (SSSR count). The van der Waals surface area contributed by atoms with Crippen molar-refractivity contribution in [3.63, 3.8) is 0 Å². The maximum Gasteiger partial charge on any atom is 0.240 e. The summed E-state index contributed by atoms with van der Waals surface area (Å²) < 4.78 is 40.0. The highest BCUT2D eigenvalue weighted by Gasteiger charge is 2.16. The lowest BCUT2D eigenvalue weighted by Gasteiger charge is -2.09. The number of hydrogen-bond acceptors (Lipinski definition) is 3. The minimum absolute atomic E-state index is 0.106. The normalized spacial score (nSPS) is 11.6. The van der Waals surface area contributed by atoms with Crippen molar-refractivity contribution >= 4 is 33.4 Å². The van der Waals surface area contributed by atoms with Crippen molar-refractivity contribution in [2.24, 2.45) is 0 Å². The van der Waals surface area contributed by atoms with Crippen LogP contribution in [0.5, 0.6) is 0 Å². The second-order valence-electron chi connectivity index (χ2n) is 4.95. The first-order valence-corrected chi connectivity index (χ1v) is 9.99. The van der Waals surface area contributed by atoms with Crippen molar-refractivity contribution in [3.8, 4) is 0 Å². The fourth-order valence-electron chi connectivity index (χ4n) is 2.04. The van der Waals surface area contributed by atoms with Crippen LogP contribution in [0.4, 0.5) is 4.39 Å². The van der Waals surface area contributed by atoms with Crippen molar-refractivity contribution in [2.75, 3.05) is 12.3 Å². The molecule has 0 aromatic heterocycles. The number of rotatable bonds is 7. The molecule has 0 saturated heterocycles. The lowest BCUT2D eigenvalue weighted by molar-refractivity contribution is 0.582. The Morgan fingerprint density at radius 3 is 2.65 bits per heavy atom. The summed E-state index contributed by atoms with van der Waals surface area (Å²) in [7, 11) is -3.62. The van der Waals surface area contributed by atoms with Crippen LogP contribution in [0.3, 0.4) is 0 Å². The molecule has 0 aliphatic heterocycles. The van der Waals surface area contributed by atoms with Crippen molar-refractivity contribution in [1.29, 1.82) is 0 Å². The molecule has 0 spiro atoms. The maximum atomic E-state index is 13.1. The minimum Gasteiger partial charge on any atom is -0.210 e. The standard InChI is InChI=1S/C16H17ClFNO2S2/c1-12-10-14(18)6-7-16(12)23(20,21)19-8-9-22-11-13-4-2-3-5-15(13)17/h2-7,10,19H,8-9,11H2,1H3. The molecule has 2 aromatic rings. The van der Waals surface area contributed by atoms with Gasteiger partial charge in [-0.1, -0.05) is 29.8 Å². The molecule has 0 aliphatic carbocycles. The predicted molar refractivity (Wildman–Crippen MR) is 93.9 cm³/mol. The van der Waals surface area contributed by atoms with Crippen molar-refractivity contribution in [2.45, 2.75) is 17.6 Å². The van der Waals surface area contributed by atoms with E-state index in [0.29, 0.717) is 22.9 Å². The average Bonchev–Trinajstić information content (AvgIpc) is 2.48. The Balaban J connectivity index is 1.85. The van der Waals surface area contributed by atoms with Gasteiger partial charge in [0.2, 0.25) is 10.0 Å². The Bertz CT molecular complexity index is 781. The molecule has 0 bridgehead atoms. The molecule has 3 nitrogen and oxygen atoms in total. The molecule has 1 N–H and O–H groups in total. The Kier molecular flexibility index (Phi) is 6.47. The number of thioether (sulfide) groups is 1. The van der Waals surface area contributed by atoms with E-state index in [1.807, 2.05) is 24.3 Å². The summed E-state index contributed by atoms with van der Waals surface area (Å²) in [6, 6.07) is 11.2. The highest BCUT2D eigenvalue weighted by Crippen LogP contribution is 2.20. The summed E-state index contributed by atoms with van der Waals surface area (Å²) in [5.74, 6) is 0.888. The summed E-state index contributed by atoms with van der Waals surface area (Å²) in [5, 5.41) is 0.711. The predicted octanol–water partition coefficient (Wildman–Crippen LogP) is 4.00. The van der Waals surface area contributed by atoms with E-state index in [-0.39, 0.29) is 4.90 Å². The molecule has 0 saturated carbocycles. The molecule has 0 heterocycles. The van der Waals surface area contributed by atoms with Gasteiger partial charge in [0.05, 0.1) is 4.90 Å². The molecule has 0 unspecified atom stereocenters. The molecular weight excluding hydrogens is 357 g/mol. The first-order chi connectivity index (χ1) is 10.9. The van der Waals surface area contributed by atoms with Crippen LogP contribution in [0.15, 0.2) is 47.4 Å². The van der Waals surface area contributed by atoms with Gasteiger partial charge in [0.15, 0.2) is 0 Å². The van der Waals surface area contributed by atoms with E-state index in [9.17, 15) is 12.8 Å². The monoisotopic (exact) mass is 373 g/mol. The zero-order valence-corrected chi connectivity index (χ0v) is 14.9. The minimum atomic E-state index is -3.62. The molecule has 0 fully saturated rings. The van der Waals surface area contributed by atoms with Gasteiger partial charge in [-0.2, -0.15) is 11.8 Å². The summed E-state index contributed by atoms with van der Waals surface area (Å²) in [6.07, 6.45) is 0. The SMILES string of the molecule is Cc1cc(F)ccc1S(=O)(=O)NCCSCc1ccccc1Cl. The van der Waals surface area contributed by atoms with Crippen molar-refractivity contribution < 1.29 is 12.8 Å². The van der Waals surface area contributed by atoms with Crippen LogP contribution in [0, 0.1) is 12.7 Å². The molecule has 0 atom stereocenters. The number of nitrogens with one attached hydrogen (secondary N) is 1. The van der Waals surface area contributed by atoms with E-state index in [1.54, 1.807) is 18.7 Å². The zero-order valence-electron chi connectivity index (χ0n) is 12.6. The highest BCUT2D eigenvalue weighted by atomic mass is 35.5. The summed E-state index contributed by atoms with van der Waals surface area (Å²) in [6.45, 7) is 1.87. The number of hydrogen-bond donors (Lipinski definition) is 1. The van der Waals surface area contributed by atoms with Crippen LogP contribution in [0.2, 0.25) is 5.02 Å². The number of benzene rings is 2. The van der Waals surface area contributed by atoms with Gasteiger partial charge in [0, 0.05) is 23.1 Å². The second-order valence-corrected chi connectivity index (χ2v) is 8.20. The fourth-order valence-corrected chi connectivity index (χ4v) is 4.57. The van der Waals surface area contributed by atoms with Crippen LogP contribution in [-0.2, 0) is 15.8 Å². The van der Waals surface area contributed by atoms with Crippen LogP contribution in [0.1, 0.15) is 11.1 Å². The number of halogens is 2. The summed E-state index contributed by atoms with van der Waals surface area (Å²) >= 11 is 7.66. The van der Waals surface area contributed by atoms with E-state index in [2.05, 4.69) is 4.72 Å². The zero-order chi connectivity index (χ0) is 16.9. The quantitative estimate of drug-likeness (QED) is 0.746. The van der Waals surface area contributed by atoms with Gasteiger partial charge >= 0.3 is 0 Å².